The Hall–Kier alpha value is -2.60. The summed E-state index contributed by atoms with van der Waals surface area (Å²) in [6.45, 7) is 4.14. The van der Waals surface area contributed by atoms with E-state index in [4.69, 9.17) is 22.7 Å². The lowest BCUT2D eigenvalue weighted by molar-refractivity contribution is 0.0526. The second-order valence-electron chi connectivity index (χ2n) is 5.25. The van der Waals surface area contributed by atoms with Crippen LogP contribution in [-0.2, 0) is 4.74 Å². The predicted octanol–water partition coefficient (Wildman–Crippen LogP) is 3.69. The van der Waals surface area contributed by atoms with Gasteiger partial charge in [0.2, 0.25) is 0 Å². The van der Waals surface area contributed by atoms with Gasteiger partial charge in [0.05, 0.1) is 23.5 Å². The third-order valence-corrected chi connectivity index (χ3v) is 3.56. The van der Waals surface area contributed by atoms with Crippen LogP contribution in [0.5, 0.6) is 0 Å². The molecule has 0 aromatic heterocycles. The number of thiocarbonyl (C=S) groups is 1. The second kappa shape index (κ2) is 8.31. The van der Waals surface area contributed by atoms with Crippen LogP contribution in [-0.4, -0.2) is 17.7 Å². The van der Waals surface area contributed by atoms with Gasteiger partial charge in [-0.2, -0.15) is 0 Å². The van der Waals surface area contributed by atoms with Crippen molar-refractivity contribution in [2.45, 2.75) is 19.9 Å². The van der Waals surface area contributed by atoms with Crippen LogP contribution in [0, 0.1) is 0 Å². The SMILES string of the molecule is CCOC(=O)c1ccc(NC(C)c2ccccc2)c(NC(N)=S)c1. The fourth-order valence-electron chi connectivity index (χ4n) is 2.31. The van der Waals surface area contributed by atoms with Crippen molar-refractivity contribution in [3.63, 3.8) is 0 Å². The lowest BCUT2D eigenvalue weighted by Crippen LogP contribution is -2.21. The molecule has 0 saturated carbocycles. The van der Waals surface area contributed by atoms with E-state index in [9.17, 15) is 4.79 Å². The molecule has 0 aliphatic carbocycles. The average molecular weight is 343 g/mol. The minimum absolute atomic E-state index is 0.0755. The first kappa shape index (κ1) is 17.7. The molecule has 1 unspecified atom stereocenters. The average Bonchev–Trinajstić information content (AvgIpc) is 2.57. The molecule has 0 bridgehead atoms. The molecule has 0 radical (unpaired) electrons. The van der Waals surface area contributed by atoms with Crippen LogP contribution in [0.2, 0.25) is 0 Å². The quantitative estimate of drug-likeness (QED) is 0.548. The molecule has 0 aliphatic rings. The van der Waals surface area contributed by atoms with Crippen LogP contribution < -0.4 is 16.4 Å². The molecule has 2 aromatic carbocycles. The smallest absolute Gasteiger partial charge is 0.338 e. The van der Waals surface area contributed by atoms with Gasteiger partial charge in [-0.1, -0.05) is 30.3 Å². The molecule has 6 heteroatoms. The summed E-state index contributed by atoms with van der Waals surface area (Å²) in [6.07, 6.45) is 0. The number of hydrogen-bond donors (Lipinski definition) is 3. The molecule has 0 spiro atoms. The van der Waals surface area contributed by atoms with Crippen molar-refractivity contribution in [3.05, 3.63) is 59.7 Å². The Balaban J connectivity index is 2.27. The Morgan fingerprint density at radius 2 is 1.92 bits per heavy atom. The maximum atomic E-state index is 11.9. The highest BCUT2D eigenvalue weighted by molar-refractivity contribution is 7.80. The van der Waals surface area contributed by atoms with E-state index in [1.807, 2.05) is 36.4 Å². The molecule has 24 heavy (non-hydrogen) atoms. The van der Waals surface area contributed by atoms with Gasteiger partial charge < -0.3 is 21.1 Å². The minimum atomic E-state index is -0.383. The van der Waals surface area contributed by atoms with Gasteiger partial charge in [-0.3, -0.25) is 0 Å². The first-order valence-corrected chi connectivity index (χ1v) is 8.11. The summed E-state index contributed by atoms with van der Waals surface area (Å²) < 4.78 is 5.03. The van der Waals surface area contributed by atoms with E-state index >= 15 is 0 Å². The van der Waals surface area contributed by atoms with Gasteiger partial charge in [-0.15, -0.1) is 0 Å². The van der Waals surface area contributed by atoms with Crippen LogP contribution in [0.1, 0.15) is 35.8 Å². The van der Waals surface area contributed by atoms with Crippen molar-refractivity contribution in [1.82, 2.24) is 0 Å². The number of nitrogens with one attached hydrogen (secondary N) is 2. The molecular weight excluding hydrogens is 322 g/mol. The monoisotopic (exact) mass is 343 g/mol. The van der Waals surface area contributed by atoms with E-state index < -0.39 is 0 Å². The van der Waals surface area contributed by atoms with Crippen LogP contribution in [0.4, 0.5) is 11.4 Å². The summed E-state index contributed by atoms with van der Waals surface area (Å²) >= 11 is 4.93. The summed E-state index contributed by atoms with van der Waals surface area (Å²) in [5, 5.41) is 6.44. The molecule has 0 heterocycles. The van der Waals surface area contributed by atoms with Gasteiger partial charge >= 0.3 is 5.97 Å². The van der Waals surface area contributed by atoms with Gasteiger partial charge in [-0.25, -0.2) is 4.79 Å². The van der Waals surface area contributed by atoms with Gasteiger partial charge in [0, 0.05) is 6.04 Å². The number of benzene rings is 2. The van der Waals surface area contributed by atoms with Gasteiger partial charge in [0.25, 0.3) is 0 Å². The third-order valence-electron chi connectivity index (χ3n) is 3.46. The van der Waals surface area contributed by atoms with Crippen LogP contribution in [0.3, 0.4) is 0 Å². The molecule has 2 rings (SSSR count). The van der Waals surface area contributed by atoms with E-state index in [2.05, 4.69) is 17.6 Å². The summed E-state index contributed by atoms with van der Waals surface area (Å²) in [4.78, 5) is 11.9. The van der Waals surface area contributed by atoms with Crippen LogP contribution in [0.25, 0.3) is 0 Å². The number of ether oxygens (including phenoxy) is 1. The number of hydrogen-bond acceptors (Lipinski definition) is 4. The fourth-order valence-corrected chi connectivity index (χ4v) is 2.42. The zero-order valence-corrected chi connectivity index (χ0v) is 14.5. The third kappa shape index (κ3) is 4.70. The van der Waals surface area contributed by atoms with E-state index in [1.165, 1.54) is 0 Å². The molecule has 0 saturated heterocycles. The molecule has 2 aromatic rings. The van der Waals surface area contributed by atoms with Gasteiger partial charge in [-0.05, 0) is 49.8 Å². The molecular formula is C18H21N3O2S. The molecule has 0 amide bonds. The largest absolute Gasteiger partial charge is 0.462 e. The standard InChI is InChI=1S/C18H21N3O2S/c1-3-23-17(22)14-9-10-15(16(11-14)21-18(19)24)20-12(2)13-7-5-4-6-8-13/h4-12,20H,3H2,1-2H3,(H3,19,21,24). The Bertz CT molecular complexity index is 719. The van der Waals surface area contributed by atoms with Crippen molar-refractivity contribution < 1.29 is 9.53 Å². The number of carbonyl (C=O) groups is 1. The number of anilines is 2. The number of esters is 1. The van der Waals surface area contributed by atoms with E-state index in [0.717, 1.165) is 11.3 Å². The van der Waals surface area contributed by atoms with Crippen molar-refractivity contribution in [3.8, 4) is 0 Å². The first-order valence-electron chi connectivity index (χ1n) is 7.70. The summed E-state index contributed by atoms with van der Waals surface area (Å²) in [7, 11) is 0. The van der Waals surface area contributed by atoms with Crippen molar-refractivity contribution >= 4 is 34.7 Å². The zero-order valence-electron chi connectivity index (χ0n) is 13.7. The Kier molecular flexibility index (Phi) is 6.14. The highest BCUT2D eigenvalue weighted by Crippen LogP contribution is 2.28. The van der Waals surface area contributed by atoms with E-state index in [-0.39, 0.29) is 17.1 Å². The minimum Gasteiger partial charge on any atom is -0.462 e. The lowest BCUT2D eigenvalue weighted by Gasteiger charge is -2.19. The summed E-state index contributed by atoms with van der Waals surface area (Å²) in [6, 6.07) is 15.3. The van der Waals surface area contributed by atoms with E-state index in [0.29, 0.717) is 17.9 Å². The normalized spacial score (nSPS) is 11.4. The zero-order chi connectivity index (χ0) is 17.5. The lowest BCUT2D eigenvalue weighted by atomic mass is 10.1. The predicted molar refractivity (Wildman–Crippen MR) is 101 cm³/mol. The molecule has 126 valence electrons. The van der Waals surface area contributed by atoms with Gasteiger partial charge in [0.1, 0.15) is 0 Å². The van der Waals surface area contributed by atoms with Crippen molar-refractivity contribution in [2.24, 2.45) is 5.73 Å². The van der Waals surface area contributed by atoms with Crippen molar-refractivity contribution in [1.29, 1.82) is 0 Å². The summed E-state index contributed by atoms with van der Waals surface area (Å²) in [5.74, 6) is -0.383. The first-order chi connectivity index (χ1) is 11.5. The highest BCUT2D eigenvalue weighted by Gasteiger charge is 2.13. The molecule has 0 fully saturated rings. The molecule has 4 N–H and O–H groups in total. The van der Waals surface area contributed by atoms with Crippen LogP contribution >= 0.6 is 12.2 Å². The molecule has 5 nitrogen and oxygen atoms in total. The van der Waals surface area contributed by atoms with Crippen molar-refractivity contribution in [2.75, 3.05) is 17.2 Å². The maximum absolute atomic E-state index is 11.9. The number of nitrogens with two attached hydrogens (primary N) is 1. The Labute approximate surface area is 147 Å². The van der Waals surface area contributed by atoms with Crippen LogP contribution in [0.15, 0.2) is 48.5 Å². The Morgan fingerprint density at radius 1 is 1.21 bits per heavy atom. The second-order valence-corrected chi connectivity index (χ2v) is 5.69. The summed E-state index contributed by atoms with van der Waals surface area (Å²) in [5.41, 5.74) is 8.61. The maximum Gasteiger partial charge on any atom is 0.338 e. The topological polar surface area (TPSA) is 76.4 Å². The van der Waals surface area contributed by atoms with Gasteiger partial charge in [0.15, 0.2) is 5.11 Å². The van der Waals surface area contributed by atoms with E-state index in [1.54, 1.807) is 19.1 Å². The Morgan fingerprint density at radius 3 is 2.54 bits per heavy atom. The molecule has 1 atom stereocenters. The number of carbonyl (C=O) groups excluding carboxylic acids is 1. The molecule has 0 aliphatic heterocycles. The fraction of sp³-hybridized carbons (Fsp3) is 0.222. The number of rotatable bonds is 6. The highest BCUT2D eigenvalue weighted by atomic mass is 32.1.